The summed E-state index contributed by atoms with van der Waals surface area (Å²) in [6.45, 7) is 4.73. The first-order valence-electron chi connectivity index (χ1n) is 6.19. The standard InChI is InChI=1S/C13H19N3O/c1-3-15(2)13(17)12-11(7-6-8-14-12)16-9-4-5-10-16/h6-8H,3-5,9-10H2,1-2H3. The van der Waals surface area contributed by atoms with E-state index >= 15 is 0 Å². The Balaban J connectivity index is 2.29. The van der Waals surface area contributed by atoms with Crippen molar-refractivity contribution in [2.45, 2.75) is 19.8 Å². The van der Waals surface area contributed by atoms with Crippen LogP contribution in [0.4, 0.5) is 5.69 Å². The molecule has 0 aliphatic carbocycles. The lowest BCUT2D eigenvalue weighted by atomic mass is 10.2. The lowest BCUT2D eigenvalue weighted by molar-refractivity contribution is 0.0797. The van der Waals surface area contributed by atoms with Crippen LogP contribution < -0.4 is 4.90 Å². The molecule has 2 rings (SSSR count). The van der Waals surface area contributed by atoms with Gasteiger partial charge >= 0.3 is 0 Å². The number of rotatable bonds is 3. The summed E-state index contributed by atoms with van der Waals surface area (Å²) in [6.07, 6.45) is 4.09. The first-order valence-corrected chi connectivity index (χ1v) is 6.19. The molecule has 1 aromatic rings. The van der Waals surface area contributed by atoms with E-state index in [1.54, 1.807) is 11.1 Å². The summed E-state index contributed by atoms with van der Waals surface area (Å²) in [6, 6.07) is 3.89. The van der Waals surface area contributed by atoms with Crippen LogP contribution in [0.1, 0.15) is 30.3 Å². The maximum atomic E-state index is 12.2. The number of nitrogens with zero attached hydrogens (tertiary/aromatic N) is 3. The van der Waals surface area contributed by atoms with E-state index in [0.29, 0.717) is 12.2 Å². The van der Waals surface area contributed by atoms with E-state index in [1.165, 1.54) is 12.8 Å². The van der Waals surface area contributed by atoms with Gasteiger partial charge in [0.05, 0.1) is 5.69 Å². The van der Waals surface area contributed by atoms with Gasteiger partial charge < -0.3 is 9.80 Å². The van der Waals surface area contributed by atoms with Crippen molar-refractivity contribution in [3.8, 4) is 0 Å². The number of aromatic nitrogens is 1. The highest BCUT2D eigenvalue weighted by molar-refractivity contribution is 5.97. The molecule has 0 N–H and O–H groups in total. The quantitative estimate of drug-likeness (QED) is 0.798. The van der Waals surface area contributed by atoms with Crippen LogP contribution in [0.15, 0.2) is 18.3 Å². The molecular formula is C13H19N3O. The van der Waals surface area contributed by atoms with Crippen molar-refractivity contribution in [1.82, 2.24) is 9.88 Å². The molecule has 1 amide bonds. The fourth-order valence-corrected chi connectivity index (χ4v) is 2.10. The Morgan fingerprint density at radius 2 is 2.18 bits per heavy atom. The summed E-state index contributed by atoms with van der Waals surface area (Å²) < 4.78 is 0. The average molecular weight is 233 g/mol. The van der Waals surface area contributed by atoms with E-state index in [2.05, 4.69) is 9.88 Å². The molecule has 4 heteroatoms. The average Bonchev–Trinajstić information content (AvgIpc) is 2.90. The van der Waals surface area contributed by atoms with Gasteiger partial charge in [0.25, 0.3) is 5.91 Å². The van der Waals surface area contributed by atoms with Gasteiger partial charge in [-0.25, -0.2) is 4.98 Å². The lowest BCUT2D eigenvalue weighted by Crippen LogP contribution is -2.30. The zero-order valence-corrected chi connectivity index (χ0v) is 10.5. The molecule has 1 aromatic heterocycles. The zero-order valence-electron chi connectivity index (χ0n) is 10.5. The van der Waals surface area contributed by atoms with Gasteiger partial charge in [0.15, 0.2) is 5.69 Å². The summed E-state index contributed by atoms with van der Waals surface area (Å²) in [4.78, 5) is 20.4. The van der Waals surface area contributed by atoms with Gasteiger partial charge in [-0.2, -0.15) is 0 Å². The molecule has 1 aliphatic rings. The van der Waals surface area contributed by atoms with Gasteiger partial charge in [-0.3, -0.25) is 4.79 Å². The molecule has 92 valence electrons. The van der Waals surface area contributed by atoms with Crippen molar-refractivity contribution < 1.29 is 4.79 Å². The summed E-state index contributed by atoms with van der Waals surface area (Å²) in [5.41, 5.74) is 1.56. The Hall–Kier alpha value is -1.58. The molecular weight excluding hydrogens is 214 g/mol. The first-order chi connectivity index (χ1) is 8.24. The second-order valence-electron chi connectivity index (χ2n) is 4.38. The number of anilines is 1. The van der Waals surface area contributed by atoms with Crippen molar-refractivity contribution in [1.29, 1.82) is 0 Å². The van der Waals surface area contributed by atoms with E-state index in [-0.39, 0.29) is 5.91 Å². The smallest absolute Gasteiger partial charge is 0.274 e. The zero-order chi connectivity index (χ0) is 12.3. The molecule has 0 bridgehead atoms. The first kappa shape index (κ1) is 11.9. The number of carbonyl (C=O) groups excluding carboxylic acids is 1. The highest BCUT2D eigenvalue weighted by atomic mass is 16.2. The predicted octanol–water partition coefficient (Wildman–Crippen LogP) is 1.77. The maximum Gasteiger partial charge on any atom is 0.274 e. The van der Waals surface area contributed by atoms with Gasteiger partial charge in [0, 0.05) is 32.9 Å². The SMILES string of the molecule is CCN(C)C(=O)c1ncccc1N1CCCC1. The van der Waals surface area contributed by atoms with Crippen molar-refractivity contribution in [2.24, 2.45) is 0 Å². The molecule has 0 unspecified atom stereocenters. The van der Waals surface area contributed by atoms with E-state index in [4.69, 9.17) is 0 Å². The Labute approximate surface area is 102 Å². The monoisotopic (exact) mass is 233 g/mol. The van der Waals surface area contributed by atoms with E-state index in [0.717, 1.165) is 18.8 Å². The Bertz CT molecular complexity index is 399. The van der Waals surface area contributed by atoms with Gasteiger partial charge in [-0.1, -0.05) is 0 Å². The molecule has 0 atom stereocenters. The minimum absolute atomic E-state index is 0.00926. The van der Waals surface area contributed by atoms with E-state index in [1.807, 2.05) is 26.1 Å². The van der Waals surface area contributed by atoms with Gasteiger partial charge in [0.2, 0.25) is 0 Å². The summed E-state index contributed by atoms with van der Waals surface area (Å²) in [5, 5.41) is 0. The second-order valence-corrected chi connectivity index (χ2v) is 4.38. The number of hydrogen-bond acceptors (Lipinski definition) is 3. The van der Waals surface area contributed by atoms with Gasteiger partial charge in [-0.15, -0.1) is 0 Å². The van der Waals surface area contributed by atoms with Crippen LogP contribution in [0.25, 0.3) is 0 Å². The highest BCUT2D eigenvalue weighted by Crippen LogP contribution is 2.23. The van der Waals surface area contributed by atoms with Gasteiger partial charge in [0.1, 0.15) is 0 Å². The Kier molecular flexibility index (Phi) is 3.61. The topological polar surface area (TPSA) is 36.4 Å². The normalized spacial score (nSPS) is 15.1. The van der Waals surface area contributed by atoms with Crippen molar-refractivity contribution in [3.05, 3.63) is 24.0 Å². The molecule has 2 heterocycles. The number of carbonyl (C=O) groups is 1. The molecule has 17 heavy (non-hydrogen) atoms. The molecule has 1 aliphatic heterocycles. The number of hydrogen-bond donors (Lipinski definition) is 0. The van der Waals surface area contributed by atoms with Crippen LogP contribution >= 0.6 is 0 Å². The fraction of sp³-hybridized carbons (Fsp3) is 0.538. The van der Waals surface area contributed by atoms with Crippen molar-refractivity contribution >= 4 is 11.6 Å². The van der Waals surface area contributed by atoms with Crippen molar-refractivity contribution in [2.75, 3.05) is 31.6 Å². The summed E-state index contributed by atoms with van der Waals surface area (Å²) in [5.74, 6) is 0.00926. The maximum absolute atomic E-state index is 12.2. The second kappa shape index (κ2) is 5.17. The van der Waals surface area contributed by atoms with E-state index in [9.17, 15) is 4.79 Å². The largest absolute Gasteiger partial charge is 0.370 e. The minimum Gasteiger partial charge on any atom is -0.370 e. The molecule has 0 spiro atoms. The fourth-order valence-electron chi connectivity index (χ4n) is 2.10. The lowest BCUT2D eigenvalue weighted by Gasteiger charge is -2.22. The highest BCUT2D eigenvalue weighted by Gasteiger charge is 2.21. The molecule has 1 saturated heterocycles. The third-order valence-electron chi connectivity index (χ3n) is 3.26. The molecule has 0 radical (unpaired) electrons. The van der Waals surface area contributed by atoms with Crippen LogP contribution in [-0.2, 0) is 0 Å². The Morgan fingerprint density at radius 1 is 1.47 bits per heavy atom. The summed E-state index contributed by atoms with van der Waals surface area (Å²) >= 11 is 0. The van der Waals surface area contributed by atoms with Crippen LogP contribution in [0.3, 0.4) is 0 Å². The van der Waals surface area contributed by atoms with Crippen LogP contribution in [0.5, 0.6) is 0 Å². The predicted molar refractivity (Wildman–Crippen MR) is 68.3 cm³/mol. The van der Waals surface area contributed by atoms with Crippen molar-refractivity contribution in [3.63, 3.8) is 0 Å². The third kappa shape index (κ3) is 2.40. The molecule has 0 saturated carbocycles. The van der Waals surface area contributed by atoms with Crippen LogP contribution in [0, 0.1) is 0 Å². The third-order valence-corrected chi connectivity index (χ3v) is 3.26. The molecule has 1 fully saturated rings. The molecule has 4 nitrogen and oxygen atoms in total. The van der Waals surface area contributed by atoms with E-state index < -0.39 is 0 Å². The number of amides is 1. The molecule has 0 aromatic carbocycles. The Morgan fingerprint density at radius 3 is 2.82 bits per heavy atom. The van der Waals surface area contributed by atoms with Gasteiger partial charge in [-0.05, 0) is 31.9 Å². The van der Waals surface area contributed by atoms with Crippen LogP contribution in [0.2, 0.25) is 0 Å². The summed E-state index contributed by atoms with van der Waals surface area (Å²) in [7, 11) is 1.81. The minimum atomic E-state index is 0.00926. The van der Waals surface area contributed by atoms with Crippen LogP contribution in [-0.4, -0.2) is 42.5 Å². The number of pyridine rings is 1.